The monoisotopic (exact) mass is 376 g/mol. The summed E-state index contributed by atoms with van der Waals surface area (Å²) in [7, 11) is 0. The molecule has 1 heterocycles. The van der Waals surface area contributed by atoms with Gasteiger partial charge >= 0.3 is 0 Å². The van der Waals surface area contributed by atoms with Crippen LogP contribution < -0.4 is 10.6 Å². The molecule has 144 valence electrons. The maximum absolute atomic E-state index is 12.8. The van der Waals surface area contributed by atoms with Crippen molar-refractivity contribution in [3.05, 3.63) is 78.1 Å². The molecule has 0 aliphatic rings. The van der Waals surface area contributed by atoms with E-state index in [2.05, 4.69) is 15.7 Å². The second-order valence-electron chi connectivity index (χ2n) is 7.60. The Morgan fingerprint density at radius 1 is 1.00 bits per heavy atom. The maximum atomic E-state index is 12.8. The van der Waals surface area contributed by atoms with Gasteiger partial charge in [-0.2, -0.15) is 5.10 Å². The SMILES string of the molecule is CC(C)(C)C(=O)Nc1cccc(C(=O)Nc2ccccc2Cn2cccn2)c1. The number of hydrogen-bond donors (Lipinski definition) is 2. The summed E-state index contributed by atoms with van der Waals surface area (Å²) in [5, 5.41) is 10.0. The van der Waals surface area contributed by atoms with Crippen molar-refractivity contribution in [3.63, 3.8) is 0 Å². The van der Waals surface area contributed by atoms with Gasteiger partial charge in [-0.3, -0.25) is 14.3 Å². The van der Waals surface area contributed by atoms with Crippen molar-refractivity contribution in [2.75, 3.05) is 10.6 Å². The van der Waals surface area contributed by atoms with E-state index in [-0.39, 0.29) is 11.8 Å². The zero-order valence-electron chi connectivity index (χ0n) is 16.3. The largest absolute Gasteiger partial charge is 0.326 e. The normalized spacial score (nSPS) is 11.1. The van der Waals surface area contributed by atoms with Gasteiger partial charge in [0.25, 0.3) is 5.91 Å². The molecule has 0 spiro atoms. The number of amides is 2. The van der Waals surface area contributed by atoms with Crippen LogP contribution in [0.1, 0.15) is 36.7 Å². The molecule has 0 saturated carbocycles. The van der Waals surface area contributed by atoms with Crippen LogP contribution in [0.25, 0.3) is 0 Å². The lowest BCUT2D eigenvalue weighted by atomic mass is 9.95. The molecular formula is C22H24N4O2. The van der Waals surface area contributed by atoms with Gasteiger partial charge in [-0.25, -0.2) is 0 Å². The van der Waals surface area contributed by atoms with E-state index >= 15 is 0 Å². The van der Waals surface area contributed by atoms with E-state index in [9.17, 15) is 9.59 Å². The first-order valence-electron chi connectivity index (χ1n) is 9.11. The smallest absolute Gasteiger partial charge is 0.255 e. The van der Waals surface area contributed by atoms with E-state index in [4.69, 9.17) is 0 Å². The third kappa shape index (κ3) is 4.85. The lowest BCUT2D eigenvalue weighted by Crippen LogP contribution is -2.27. The summed E-state index contributed by atoms with van der Waals surface area (Å²) in [5.74, 6) is -0.339. The Hall–Kier alpha value is -3.41. The molecule has 2 aromatic carbocycles. The molecular weight excluding hydrogens is 352 g/mol. The Labute approximate surface area is 164 Å². The molecule has 0 saturated heterocycles. The number of carbonyl (C=O) groups excluding carboxylic acids is 2. The minimum Gasteiger partial charge on any atom is -0.326 e. The fourth-order valence-corrected chi connectivity index (χ4v) is 2.60. The number of anilines is 2. The molecule has 0 unspecified atom stereocenters. The van der Waals surface area contributed by atoms with Crippen LogP contribution in [0, 0.1) is 5.41 Å². The van der Waals surface area contributed by atoms with E-state index < -0.39 is 5.41 Å². The highest BCUT2D eigenvalue weighted by atomic mass is 16.2. The van der Waals surface area contributed by atoms with Gasteiger partial charge in [0.2, 0.25) is 5.91 Å². The molecule has 3 rings (SSSR count). The highest BCUT2D eigenvalue weighted by molar-refractivity contribution is 6.05. The highest BCUT2D eigenvalue weighted by Gasteiger charge is 2.21. The molecule has 0 fully saturated rings. The average molecular weight is 376 g/mol. The van der Waals surface area contributed by atoms with Crippen molar-refractivity contribution in [3.8, 4) is 0 Å². The van der Waals surface area contributed by atoms with Crippen molar-refractivity contribution >= 4 is 23.2 Å². The predicted octanol–water partition coefficient (Wildman–Crippen LogP) is 4.17. The standard InChI is InChI=1S/C22H24N4O2/c1-22(2,3)21(28)24-18-10-6-9-16(14-18)20(27)25-19-11-5-4-8-17(19)15-26-13-7-12-23-26/h4-14H,15H2,1-3H3,(H,24,28)(H,25,27). The van der Waals surface area contributed by atoms with Gasteiger partial charge in [0, 0.05) is 34.7 Å². The zero-order valence-corrected chi connectivity index (χ0v) is 16.3. The average Bonchev–Trinajstić information content (AvgIpc) is 3.16. The van der Waals surface area contributed by atoms with Crippen molar-refractivity contribution in [2.24, 2.45) is 5.41 Å². The third-order valence-corrected chi connectivity index (χ3v) is 4.22. The number of aromatic nitrogens is 2. The summed E-state index contributed by atoms with van der Waals surface area (Å²) in [5.41, 5.74) is 2.24. The highest BCUT2D eigenvalue weighted by Crippen LogP contribution is 2.20. The first-order chi connectivity index (χ1) is 13.3. The molecule has 0 aliphatic heterocycles. The van der Waals surface area contributed by atoms with E-state index in [1.165, 1.54) is 0 Å². The number of para-hydroxylation sites is 1. The second kappa shape index (κ2) is 8.08. The molecule has 3 aromatic rings. The molecule has 0 radical (unpaired) electrons. The summed E-state index contributed by atoms with van der Waals surface area (Å²) < 4.78 is 1.80. The molecule has 0 atom stereocenters. The zero-order chi connectivity index (χ0) is 20.1. The first-order valence-corrected chi connectivity index (χ1v) is 9.11. The third-order valence-electron chi connectivity index (χ3n) is 4.22. The summed E-state index contributed by atoms with van der Waals surface area (Å²) >= 11 is 0. The Bertz CT molecular complexity index is 972. The number of nitrogens with zero attached hydrogens (tertiary/aromatic N) is 2. The van der Waals surface area contributed by atoms with Crippen LogP contribution in [0.2, 0.25) is 0 Å². The van der Waals surface area contributed by atoms with Crippen LogP contribution in [0.15, 0.2) is 67.0 Å². The van der Waals surface area contributed by atoms with Gasteiger partial charge in [0.1, 0.15) is 0 Å². The fraction of sp³-hybridized carbons (Fsp3) is 0.227. The summed E-state index contributed by atoms with van der Waals surface area (Å²) in [6.45, 7) is 6.09. The molecule has 0 bridgehead atoms. The van der Waals surface area contributed by atoms with Gasteiger partial charge in [0.15, 0.2) is 0 Å². The lowest BCUT2D eigenvalue weighted by molar-refractivity contribution is -0.123. The van der Waals surface area contributed by atoms with Crippen LogP contribution in [-0.4, -0.2) is 21.6 Å². The summed E-state index contributed by atoms with van der Waals surface area (Å²) in [4.78, 5) is 24.9. The Balaban J connectivity index is 1.75. The summed E-state index contributed by atoms with van der Waals surface area (Å²) in [6, 6.07) is 16.4. The van der Waals surface area contributed by atoms with E-state index in [1.807, 2.05) is 57.3 Å². The quantitative estimate of drug-likeness (QED) is 0.702. The Morgan fingerprint density at radius 2 is 1.79 bits per heavy atom. The molecule has 6 heteroatoms. The number of nitrogens with one attached hydrogen (secondary N) is 2. The van der Waals surface area contributed by atoms with Crippen molar-refractivity contribution < 1.29 is 9.59 Å². The maximum Gasteiger partial charge on any atom is 0.255 e. The van der Waals surface area contributed by atoms with Crippen LogP contribution in [0.4, 0.5) is 11.4 Å². The van der Waals surface area contributed by atoms with Crippen molar-refractivity contribution in [2.45, 2.75) is 27.3 Å². The fourth-order valence-electron chi connectivity index (χ4n) is 2.60. The van der Waals surface area contributed by atoms with E-state index in [1.54, 1.807) is 35.1 Å². The topological polar surface area (TPSA) is 76.0 Å². The van der Waals surface area contributed by atoms with Crippen LogP contribution in [0.3, 0.4) is 0 Å². The van der Waals surface area contributed by atoms with Crippen LogP contribution in [-0.2, 0) is 11.3 Å². The molecule has 2 amide bonds. The van der Waals surface area contributed by atoms with Crippen molar-refractivity contribution in [1.29, 1.82) is 0 Å². The minimum absolute atomic E-state index is 0.102. The van der Waals surface area contributed by atoms with Crippen molar-refractivity contribution in [1.82, 2.24) is 9.78 Å². The first kappa shape index (κ1) is 19.4. The molecule has 1 aromatic heterocycles. The molecule has 28 heavy (non-hydrogen) atoms. The second-order valence-corrected chi connectivity index (χ2v) is 7.60. The van der Waals surface area contributed by atoms with Gasteiger partial charge < -0.3 is 10.6 Å². The van der Waals surface area contributed by atoms with Gasteiger partial charge in [-0.05, 0) is 35.9 Å². The minimum atomic E-state index is -0.510. The van der Waals surface area contributed by atoms with Crippen LogP contribution >= 0.6 is 0 Å². The van der Waals surface area contributed by atoms with Gasteiger partial charge in [-0.15, -0.1) is 0 Å². The van der Waals surface area contributed by atoms with E-state index in [0.717, 1.165) is 11.3 Å². The lowest BCUT2D eigenvalue weighted by Gasteiger charge is -2.18. The van der Waals surface area contributed by atoms with Crippen LogP contribution in [0.5, 0.6) is 0 Å². The number of rotatable bonds is 5. The molecule has 0 aliphatic carbocycles. The molecule has 2 N–H and O–H groups in total. The van der Waals surface area contributed by atoms with E-state index in [0.29, 0.717) is 17.8 Å². The van der Waals surface area contributed by atoms with Gasteiger partial charge in [-0.1, -0.05) is 45.0 Å². The number of benzene rings is 2. The van der Waals surface area contributed by atoms with Gasteiger partial charge in [0.05, 0.1) is 6.54 Å². The summed E-state index contributed by atoms with van der Waals surface area (Å²) in [6.07, 6.45) is 3.60. The predicted molar refractivity (Wildman–Crippen MR) is 110 cm³/mol. The number of hydrogen-bond acceptors (Lipinski definition) is 3. The number of carbonyl (C=O) groups is 2. The Morgan fingerprint density at radius 3 is 2.50 bits per heavy atom. The Kier molecular flexibility index (Phi) is 5.59. The molecule has 6 nitrogen and oxygen atoms in total.